The Labute approximate surface area is 117 Å². The fourth-order valence-electron chi connectivity index (χ4n) is 1.27. The molecule has 1 aromatic rings. The van der Waals surface area contributed by atoms with Gasteiger partial charge >= 0.3 is 18.3 Å². The zero-order valence-corrected chi connectivity index (χ0v) is 11.0. The van der Waals surface area contributed by atoms with Crippen LogP contribution in [0.15, 0.2) is 41.6 Å². The van der Waals surface area contributed by atoms with Gasteiger partial charge in [0, 0.05) is 5.41 Å². The number of benzene rings is 1. The smallest absolute Gasteiger partial charge is 0.255 e. The number of allylic oxidation sites excluding steroid dienone is 1. The third kappa shape index (κ3) is 4.05. The monoisotopic (exact) mass is 334 g/mol. The van der Waals surface area contributed by atoms with Crippen LogP contribution in [0.2, 0.25) is 0 Å². The van der Waals surface area contributed by atoms with Crippen LogP contribution in [0.5, 0.6) is 0 Å². The second-order valence-electron chi connectivity index (χ2n) is 3.97. The summed E-state index contributed by atoms with van der Waals surface area (Å²) in [6, 6.07) is 7.59. The van der Waals surface area contributed by atoms with Crippen molar-refractivity contribution in [2.75, 3.05) is 0 Å². The molecule has 0 amide bonds. The van der Waals surface area contributed by atoms with Gasteiger partial charge in [-0.25, -0.2) is 13.2 Å². The van der Waals surface area contributed by atoms with Crippen LogP contribution >= 0.6 is 0 Å². The summed E-state index contributed by atoms with van der Waals surface area (Å²) in [7, 11) is -2.39. The minimum absolute atomic E-state index is 0.275. The molecule has 21 heavy (non-hydrogen) atoms. The summed E-state index contributed by atoms with van der Waals surface area (Å²) >= 11 is 0. The van der Waals surface area contributed by atoms with Crippen molar-refractivity contribution in [2.45, 2.75) is 24.0 Å². The average molecular weight is 334 g/mol. The predicted octanol–water partition coefficient (Wildman–Crippen LogP) is 4.28. The molecule has 0 saturated heterocycles. The largest absolute Gasteiger partial charge is 0.375 e. The van der Waals surface area contributed by atoms with Gasteiger partial charge in [-0.15, -0.1) is 0 Å². The van der Waals surface area contributed by atoms with E-state index >= 15 is 0 Å². The first-order valence-corrected chi connectivity index (χ1v) is 6.80. The highest BCUT2D eigenvalue weighted by Gasteiger charge is 2.65. The van der Waals surface area contributed by atoms with E-state index in [-0.39, 0.29) is 5.41 Å². The van der Waals surface area contributed by atoms with Crippen molar-refractivity contribution in [3.63, 3.8) is 0 Å². The lowest BCUT2D eigenvalue weighted by atomic mass is 10.1. The fraction of sp³-hybridized carbons (Fsp3) is 0.333. The molecule has 0 bridgehead atoms. The zero-order valence-electron chi connectivity index (χ0n) is 10.2. The Bertz CT molecular complexity index is 528. The molecule has 9 heteroatoms. The van der Waals surface area contributed by atoms with Crippen LogP contribution in [0.3, 0.4) is 0 Å². The molecular formula is C12H9F7OS. The van der Waals surface area contributed by atoms with Gasteiger partial charge < -0.3 is 0 Å². The van der Waals surface area contributed by atoms with Crippen LogP contribution in [0.1, 0.15) is 5.56 Å². The normalized spacial score (nSPS) is 15.3. The molecule has 0 spiro atoms. The molecule has 0 fully saturated rings. The lowest BCUT2D eigenvalue weighted by Gasteiger charge is -2.24. The first-order chi connectivity index (χ1) is 9.59. The highest BCUT2D eigenvalue weighted by atomic mass is 32.2. The van der Waals surface area contributed by atoms with Gasteiger partial charge in [0.05, 0.1) is 16.6 Å². The van der Waals surface area contributed by atoms with Crippen molar-refractivity contribution < 1.29 is 34.9 Å². The molecule has 0 aromatic heterocycles. The summed E-state index contributed by atoms with van der Waals surface area (Å²) in [5.41, 5.74) is 0.379. The molecule has 1 unspecified atom stereocenters. The Kier molecular flexibility index (Phi) is 5.54. The van der Waals surface area contributed by atoms with E-state index in [1.165, 1.54) is 24.3 Å². The summed E-state index contributed by atoms with van der Waals surface area (Å²) in [5.74, 6) is -14.9. The van der Waals surface area contributed by atoms with Crippen LogP contribution in [0.4, 0.5) is 30.7 Å². The Morgan fingerprint density at radius 2 is 1.67 bits per heavy atom. The Balaban J connectivity index is 2.91. The zero-order chi connectivity index (χ0) is 16.3. The van der Waals surface area contributed by atoms with Gasteiger partial charge in [0.25, 0.3) is 0 Å². The Morgan fingerprint density at radius 3 is 2.14 bits per heavy atom. The van der Waals surface area contributed by atoms with Gasteiger partial charge in [0.2, 0.25) is 0 Å². The Hall–Kier alpha value is -1.38. The quantitative estimate of drug-likeness (QED) is 0.710. The number of halogens is 7. The highest BCUT2D eigenvalue weighted by Crippen LogP contribution is 2.44. The average Bonchev–Trinajstić information content (AvgIpc) is 2.39. The summed E-state index contributed by atoms with van der Waals surface area (Å²) in [4.78, 5) is 0. The minimum Gasteiger partial charge on any atom is -0.255 e. The summed E-state index contributed by atoms with van der Waals surface area (Å²) in [6.07, 6.45) is -4.76. The number of rotatable bonds is 6. The second-order valence-corrected chi connectivity index (χ2v) is 5.26. The first kappa shape index (κ1) is 17.7. The van der Waals surface area contributed by atoms with Gasteiger partial charge in [-0.05, 0) is 5.56 Å². The lowest BCUT2D eigenvalue weighted by molar-refractivity contribution is -0.252. The molecule has 0 N–H and O–H groups in total. The van der Waals surface area contributed by atoms with Crippen molar-refractivity contribution in [1.29, 1.82) is 0 Å². The van der Waals surface area contributed by atoms with Crippen LogP contribution in [0, 0.1) is 0 Å². The molecule has 1 aromatic carbocycles. The lowest BCUT2D eigenvalue weighted by Crippen LogP contribution is -2.46. The molecule has 0 radical (unpaired) electrons. The predicted molar refractivity (Wildman–Crippen MR) is 63.4 cm³/mol. The van der Waals surface area contributed by atoms with Crippen LogP contribution in [-0.2, 0) is 16.6 Å². The summed E-state index contributed by atoms with van der Waals surface area (Å²) in [5, 5.41) is -0.275. The van der Waals surface area contributed by atoms with Crippen LogP contribution in [-0.4, -0.2) is 22.5 Å². The van der Waals surface area contributed by atoms with E-state index in [0.29, 0.717) is 5.56 Å². The summed E-state index contributed by atoms with van der Waals surface area (Å²) < 4.78 is 99.2. The van der Waals surface area contributed by atoms with Crippen LogP contribution < -0.4 is 0 Å². The maximum atomic E-state index is 13.1. The van der Waals surface area contributed by atoms with Crippen molar-refractivity contribution in [3.05, 3.63) is 47.1 Å². The summed E-state index contributed by atoms with van der Waals surface area (Å²) in [6.45, 7) is 0. The van der Waals surface area contributed by atoms with Gasteiger partial charge in [-0.3, -0.25) is 4.21 Å². The molecule has 0 aliphatic carbocycles. The van der Waals surface area contributed by atoms with Gasteiger partial charge in [-0.1, -0.05) is 30.3 Å². The third-order valence-corrected chi connectivity index (χ3v) is 3.47. The van der Waals surface area contributed by atoms with Crippen LogP contribution in [0.25, 0.3) is 0 Å². The number of hydrogen-bond donors (Lipinski definition) is 0. The van der Waals surface area contributed by atoms with Gasteiger partial charge in [-0.2, -0.15) is 17.6 Å². The van der Waals surface area contributed by atoms with E-state index in [1.54, 1.807) is 6.07 Å². The van der Waals surface area contributed by atoms with Gasteiger partial charge in [0.1, 0.15) is 0 Å². The van der Waals surface area contributed by atoms with E-state index in [0.717, 1.165) is 0 Å². The van der Waals surface area contributed by atoms with Crippen molar-refractivity contribution in [1.82, 2.24) is 0 Å². The van der Waals surface area contributed by atoms with E-state index < -0.39 is 40.6 Å². The molecular weight excluding hydrogens is 325 g/mol. The van der Waals surface area contributed by atoms with Crippen molar-refractivity contribution >= 4 is 10.8 Å². The number of hydrogen-bond acceptors (Lipinski definition) is 1. The highest BCUT2D eigenvalue weighted by molar-refractivity contribution is 7.87. The van der Waals surface area contributed by atoms with Crippen molar-refractivity contribution in [2.24, 2.45) is 0 Å². The van der Waals surface area contributed by atoms with E-state index in [2.05, 4.69) is 0 Å². The molecule has 0 saturated carbocycles. The van der Waals surface area contributed by atoms with E-state index in [4.69, 9.17) is 0 Å². The first-order valence-electron chi connectivity index (χ1n) is 5.41. The topological polar surface area (TPSA) is 17.1 Å². The Morgan fingerprint density at radius 1 is 1.14 bits per heavy atom. The fourth-order valence-corrected chi connectivity index (χ4v) is 2.25. The minimum atomic E-state index is -5.88. The molecule has 1 nitrogen and oxygen atoms in total. The molecule has 0 heterocycles. The van der Waals surface area contributed by atoms with E-state index in [9.17, 15) is 34.9 Å². The molecule has 118 valence electrons. The number of alkyl halides is 6. The standard InChI is InChI=1S/C12H9F7OS/c13-9(11(16,17)12(18,19)10(14)15)7-21(20)6-8-4-2-1-3-5-8/h1-5,7,10H,6H2/b9-7-. The maximum absolute atomic E-state index is 13.1. The molecule has 0 aliphatic rings. The SMILES string of the molecule is O=S(/C=C(\F)C(F)(F)C(F)(F)C(F)F)Cc1ccccc1. The molecule has 0 aliphatic heterocycles. The van der Waals surface area contributed by atoms with Crippen molar-refractivity contribution in [3.8, 4) is 0 Å². The van der Waals surface area contributed by atoms with Gasteiger partial charge in [0.15, 0.2) is 5.83 Å². The second kappa shape index (κ2) is 6.59. The maximum Gasteiger partial charge on any atom is 0.375 e. The molecule has 1 rings (SSSR count). The van der Waals surface area contributed by atoms with E-state index in [1.807, 2.05) is 0 Å². The molecule has 1 atom stereocenters. The third-order valence-electron chi connectivity index (χ3n) is 2.38.